The number of fused-ring (bicyclic) bond motifs is 1. The minimum Gasteiger partial charge on any atom is -0.485 e. The fourth-order valence-corrected chi connectivity index (χ4v) is 2.79. The van der Waals surface area contributed by atoms with Crippen molar-refractivity contribution in [3.05, 3.63) is 46.5 Å². The molecule has 1 aromatic carbocycles. The molecule has 0 bridgehead atoms. The number of carbonyl (C=O) groups excluding carboxylic acids is 1. The standard InChI is InChI=1S/C16H14N4O3S/c1-10-9-24-16(19-10)11(6-17)7-18-20-15(21)14-8-22-12-4-2-3-5-13(12)23-14/h2-5,7,9,14,18H,8H2,1H3,(H,20,21)/b11-7+/t14-/m1/s1. The number of aryl methyl sites for hydroxylation is 1. The summed E-state index contributed by atoms with van der Waals surface area (Å²) in [5, 5.41) is 11.6. The zero-order chi connectivity index (χ0) is 16.9. The largest absolute Gasteiger partial charge is 0.485 e. The molecule has 2 N–H and O–H groups in total. The highest BCUT2D eigenvalue weighted by atomic mass is 32.1. The van der Waals surface area contributed by atoms with Crippen molar-refractivity contribution in [2.24, 2.45) is 0 Å². The number of aromatic nitrogens is 1. The molecule has 24 heavy (non-hydrogen) atoms. The van der Waals surface area contributed by atoms with Crippen LogP contribution in [0.2, 0.25) is 0 Å². The molecule has 0 aliphatic carbocycles. The van der Waals surface area contributed by atoms with Crippen LogP contribution in [0.3, 0.4) is 0 Å². The number of nitriles is 1. The number of rotatable bonds is 4. The van der Waals surface area contributed by atoms with Crippen LogP contribution in [0.4, 0.5) is 0 Å². The summed E-state index contributed by atoms with van der Waals surface area (Å²) in [6.07, 6.45) is 0.627. The summed E-state index contributed by atoms with van der Waals surface area (Å²) < 4.78 is 11.1. The molecule has 2 heterocycles. The second kappa shape index (κ2) is 7.02. The summed E-state index contributed by atoms with van der Waals surface area (Å²) in [5.74, 6) is 0.740. The topological polar surface area (TPSA) is 96.3 Å². The van der Waals surface area contributed by atoms with Crippen LogP contribution in [-0.2, 0) is 4.79 Å². The van der Waals surface area contributed by atoms with Gasteiger partial charge in [0.2, 0.25) is 6.10 Å². The highest BCUT2D eigenvalue weighted by molar-refractivity contribution is 7.10. The Kier molecular flexibility index (Phi) is 4.63. The third kappa shape index (κ3) is 3.47. The Balaban J connectivity index is 1.58. The Hall–Kier alpha value is -3.05. The van der Waals surface area contributed by atoms with Gasteiger partial charge < -0.3 is 14.9 Å². The Morgan fingerprint density at radius 2 is 2.25 bits per heavy atom. The summed E-state index contributed by atoms with van der Waals surface area (Å²) in [6, 6.07) is 9.19. The highest BCUT2D eigenvalue weighted by Gasteiger charge is 2.27. The van der Waals surface area contributed by atoms with Gasteiger partial charge >= 0.3 is 0 Å². The van der Waals surface area contributed by atoms with Crippen LogP contribution in [0.15, 0.2) is 35.8 Å². The van der Waals surface area contributed by atoms with Crippen molar-refractivity contribution in [3.8, 4) is 17.6 Å². The second-order valence-electron chi connectivity index (χ2n) is 4.96. The summed E-state index contributed by atoms with van der Waals surface area (Å²) in [5.41, 5.74) is 6.26. The SMILES string of the molecule is Cc1csc(/C(C#N)=C/NNC(=O)[C@H]2COc3ccccc3O2)n1. The first kappa shape index (κ1) is 15.8. The van der Waals surface area contributed by atoms with Crippen molar-refractivity contribution < 1.29 is 14.3 Å². The monoisotopic (exact) mass is 342 g/mol. The van der Waals surface area contributed by atoms with Crippen LogP contribution < -0.4 is 20.3 Å². The molecule has 122 valence electrons. The van der Waals surface area contributed by atoms with Crippen molar-refractivity contribution in [3.63, 3.8) is 0 Å². The predicted octanol–water partition coefficient (Wildman–Crippen LogP) is 1.78. The van der Waals surface area contributed by atoms with Gasteiger partial charge in [0.15, 0.2) is 11.5 Å². The van der Waals surface area contributed by atoms with E-state index in [4.69, 9.17) is 14.7 Å². The maximum atomic E-state index is 12.1. The summed E-state index contributed by atoms with van der Waals surface area (Å²) in [6.45, 7) is 1.97. The number of allylic oxidation sites excluding steroid dienone is 1. The summed E-state index contributed by atoms with van der Waals surface area (Å²) >= 11 is 1.36. The number of nitrogens with zero attached hydrogens (tertiary/aromatic N) is 2. The van der Waals surface area contributed by atoms with E-state index in [0.29, 0.717) is 22.1 Å². The molecule has 3 rings (SSSR count). The van der Waals surface area contributed by atoms with Gasteiger partial charge in [-0.2, -0.15) is 5.26 Å². The smallest absolute Gasteiger partial charge is 0.282 e. The Morgan fingerprint density at radius 1 is 1.46 bits per heavy atom. The zero-order valence-electron chi connectivity index (χ0n) is 12.8. The Morgan fingerprint density at radius 3 is 2.96 bits per heavy atom. The molecule has 1 aromatic heterocycles. The van der Waals surface area contributed by atoms with E-state index in [0.717, 1.165) is 5.69 Å². The van der Waals surface area contributed by atoms with Gasteiger partial charge in [-0.3, -0.25) is 10.2 Å². The number of benzene rings is 1. The van der Waals surface area contributed by atoms with Crippen LogP contribution >= 0.6 is 11.3 Å². The lowest BCUT2D eigenvalue weighted by molar-refractivity contribution is -0.131. The molecule has 7 nitrogen and oxygen atoms in total. The number of amides is 1. The van der Waals surface area contributed by atoms with Gasteiger partial charge in [0, 0.05) is 17.3 Å². The number of hydrazine groups is 1. The number of carbonyl (C=O) groups is 1. The number of thiazole rings is 1. The molecule has 2 aromatic rings. The number of ether oxygens (including phenoxy) is 2. The predicted molar refractivity (Wildman–Crippen MR) is 88.1 cm³/mol. The molecule has 0 saturated heterocycles. The van der Waals surface area contributed by atoms with Gasteiger partial charge in [-0.25, -0.2) is 4.98 Å². The molecular formula is C16H14N4O3S. The molecule has 0 spiro atoms. The van der Waals surface area contributed by atoms with E-state index in [2.05, 4.69) is 15.8 Å². The van der Waals surface area contributed by atoms with Crippen molar-refractivity contribution in [1.82, 2.24) is 15.8 Å². The van der Waals surface area contributed by atoms with E-state index in [-0.39, 0.29) is 6.61 Å². The average Bonchev–Trinajstić information content (AvgIpc) is 3.04. The van der Waals surface area contributed by atoms with Crippen molar-refractivity contribution in [2.45, 2.75) is 13.0 Å². The highest BCUT2D eigenvalue weighted by Crippen LogP contribution is 2.30. The van der Waals surface area contributed by atoms with Crippen LogP contribution in [-0.4, -0.2) is 23.6 Å². The van der Waals surface area contributed by atoms with Crippen LogP contribution in [0.25, 0.3) is 5.57 Å². The van der Waals surface area contributed by atoms with Crippen molar-refractivity contribution in [2.75, 3.05) is 6.61 Å². The third-order valence-corrected chi connectivity index (χ3v) is 4.18. The van der Waals surface area contributed by atoms with Gasteiger partial charge in [-0.1, -0.05) is 12.1 Å². The minimum absolute atomic E-state index is 0.116. The van der Waals surface area contributed by atoms with E-state index in [1.165, 1.54) is 17.5 Å². The molecule has 0 fully saturated rings. The molecule has 1 aliphatic heterocycles. The minimum atomic E-state index is -0.770. The van der Waals surface area contributed by atoms with Crippen LogP contribution in [0.5, 0.6) is 11.5 Å². The summed E-state index contributed by atoms with van der Waals surface area (Å²) in [4.78, 5) is 16.3. The first-order valence-electron chi connectivity index (χ1n) is 7.14. The van der Waals surface area contributed by atoms with Gasteiger partial charge in [-0.15, -0.1) is 11.3 Å². The number of nitrogens with one attached hydrogen (secondary N) is 2. The van der Waals surface area contributed by atoms with E-state index in [1.54, 1.807) is 18.2 Å². The number of hydrogen-bond acceptors (Lipinski definition) is 7. The molecule has 1 atom stereocenters. The normalized spacial score (nSPS) is 16.2. The third-order valence-electron chi connectivity index (χ3n) is 3.18. The summed E-state index contributed by atoms with van der Waals surface area (Å²) in [7, 11) is 0. The molecular weight excluding hydrogens is 328 g/mol. The number of hydrogen-bond donors (Lipinski definition) is 2. The lowest BCUT2D eigenvalue weighted by Gasteiger charge is -2.25. The van der Waals surface area contributed by atoms with Gasteiger partial charge in [-0.05, 0) is 19.1 Å². The molecule has 0 unspecified atom stereocenters. The molecule has 0 saturated carbocycles. The molecule has 0 radical (unpaired) electrons. The van der Waals surface area contributed by atoms with Gasteiger partial charge in [0.1, 0.15) is 23.3 Å². The number of para-hydroxylation sites is 2. The maximum Gasteiger partial charge on any atom is 0.282 e. The van der Waals surface area contributed by atoms with Crippen molar-refractivity contribution in [1.29, 1.82) is 5.26 Å². The van der Waals surface area contributed by atoms with E-state index in [9.17, 15) is 4.79 Å². The first-order valence-corrected chi connectivity index (χ1v) is 8.02. The van der Waals surface area contributed by atoms with Crippen molar-refractivity contribution >= 4 is 22.8 Å². The van der Waals surface area contributed by atoms with E-state index in [1.807, 2.05) is 24.4 Å². The maximum absolute atomic E-state index is 12.1. The fourth-order valence-electron chi connectivity index (χ4n) is 2.03. The fraction of sp³-hybridized carbons (Fsp3) is 0.188. The first-order chi connectivity index (χ1) is 11.7. The molecule has 1 amide bonds. The second-order valence-corrected chi connectivity index (χ2v) is 5.82. The lowest BCUT2D eigenvalue weighted by atomic mass is 10.2. The average molecular weight is 342 g/mol. The van der Waals surface area contributed by atoms with E-state index < -0.39 is 12.0 Å². The van der Waals surface area contributed by atoms with Gasteiger partial charge in [0.25, 0.3) is 5.91 Å². The van der Waals surface area contributed by atoms with Crippen LogP contribution in [0.1, 0.15) is 10.7 Å². The Labute approximate surface area is 142 Å². The Bertz CT molecular complexity index is 825. The van der Waals surface area contributed by atoms with Crippen LogP contribution in [0, 0.1) is 18.3 Å². The molecule has 1 aliphatic rings. The molecule has 8 heteroatoms. The van der Waals surface area contributed by atoms with E-state index >= 15 is 0 Å². The lowest BCUT2D eigenvalue weighted by Crippen LogP contribution is -2.47. The van der Waals surface area contributed by atoms with Gasteiger partial charge in [0.05, 0.1) is 0 Å². The zero-order valence-corrected chi connectivity index (χ0v) is 13.6. The quantitative estimate of drug-likeness (QED) is 0.649.